The van der Waals surface area contributed by atoms with Gasteiger partial charge in [-0.3, -0.25) is 5.32 Å². The molecule has 2 aromatic rings. The van der Waals surface area contributed by atoms with Gasteiger partial charge in [0.05, 0.1) is 12.2 Å². The van der Waals surface area contributed by atoms with E-state index in [9.17, 15) is 9.59 Å². The second-order valence-electron chi connectivity index (χ2n) is 8.82. The van der Waals surface area contributed by atoms with Gasteiger partial charge in [-0.05, 0) is 80.7 Å². The molecule has 3 aliphatic rings. The number of rotatable bonds is 6. The lowest BCUT2D eigenvalue weighted by Gasteiger charge is -2.16. The molecule has 34 heavy (non-hydrogen) atoms. The molecule has 0 spiro atoms. The van der Waals surface area contributed by atoms with Crippen LogP contribution in [0, 0.1) is 0 Å². The molecule has 0 unspecified atom stereocenters. The van der Waals surface area contributed by atoms with Crippen LogP contribution in [0.2, 0.25) is 0 Å². The topological polar surface area (TPSA) is 79.5 Å². The predicted molar refractivity (Wildman–Crippen MR) is 139 cm³/mol. The van der Waals surface area contributed by atoms with Crippen LogP contribution in [0.15, 0.2) is 18.2 Å². The zero-order valence-corrected chi connectivity index (χ0v) is 21.2. The van der Waals surface area contributed by atoms with E-state index in [1.54, 1.807) is 0 Å². The second-order valence-corrected chi connectivity index (χ2v) is 11.0. The van der Waals surface area contributed by atoms with Crippen LogP contribution in [0.5, 0.6) is 0 Å². The van der Waals surface area contributed by atoms with Crippen LogP contribution in [0.4, 0.5) is 9.80 Å². The molecule has 0 bridgehead atoms. The summed E-state index contributed by atoms with van der Waals surface area (Å²) in [7, 11) is 0. The maximum atomic E-state index is 13.0. The van der Waals surface area contributed by atoms with E-state index >= 15 is 0 Å². The third-order valence-electron chi connectivity index (χ3n) is 6.60. The summed E-state index contributed by atoms with van der Waals surface area (Å²) in [5, 5.41) is 10.1. The first-order chi connectivity index (χ1) is 16.7. The number of urea groups is 1. The van der Waals surface area contributed by atoms with Gasteiger partial charge in [-0.15, -0.1) is 22.7 Å². The third kappa shape index (κ3) is 4.72. The number of ether oxygens (including phenoxy) is 1. The molecule has 0 radical (unpaired) electrons. The van der Waals surface area contributed by atoms with Crippen LogP contribution >= 0.6 is 22.7 Å². The fourth-order valence-electron chi connectivity index (χ4n) is 4.99. The maximum absolute atomic E-state index is 13.0. The third-order valence-corrected chi connectivity index (χ3v) is 9.13. The molecule has 8 heteroatoms. The van der Waals surface area contributed by atoms with E-state index in [1.165, 1.54) is 42.7 Å². The number of anilines is 1. The number of thiophene rings is 2. The highest BCUT2D eigenvalue weighted by Gasteiger charge is 2.28. The van der Waals surface area contributed by atoms with Crippen LogP contribution < -0.4 is 16.0 Å². The maximum Gasteiger partial charge on any atom is 0.341 e. The van der Waals surface area contributed by atoms with Gasteiger partial charge in [0.1, 0.15) is 5.00 Å². The lowest BCUT2D eigenvalue weighted by molar-refractivity contribution is 0.0526. The van der Waals surface area contributed by atoms with Crippen molar-refractivity contribution < 1.29 is 14.3 Å². The van der Waals surface area contributed by atoms with Crippen molar-refractivity contribution in [2.45, 2.75) is 65.0 Å². The molecule has 0 fully saturated rings. The van der Waals surface area contributed by atoms with Gasteiger partial charge in [0.25, 0.3) is 0 Å². The van der Waals surface area contributed by atoms with Gasteiger partial charge in [-0.25, -0.2) is 9.59 Å². The van der Waals surface area contributed by atoms with Gasteiger partial charge in [-0.2, -0.15) is 0 Å². The molecule has 0 saturated heterocycles. The van der Waals surface area contributed by atoms with Crippen molar-refractivity contribution in [3.8, 4) is 0 Å². The Hall–Kier alpha value is -2.42. The van der Waals surface area contributed by atoms with Gasteiger partial charge in [0, 0.05) is 27.7 Å². The molecular formula is C26H31N3O3S2. The van der Waals surface area contributed by atoms with E-state index in [4.69, 9.17) is 4.74 Å². The van der Waals surface area contributed by atoms with Crippen molar-refractivity contribution in [2.75, 3.05) is 18.5 Å². The Morgan fingerprint density at radius 3 is 2.79 bits per heavy atom. The molecule has 2 aromatic heterocycles. The van der Waals surface area contributed by atoms with Gasteiger partial charge >= 0.3 is 12.0 Å². The number of allylic oxidation sites excluding steroid dienone is 4. The van der Waals surface area contributed by atoms with Crippen molar-refractivity contribution in [3.63, 3.8) is 0 Å². The molecular weight excluding hydrogens is 466 g/mol. The quantitative estimate of drug-likeness (QED) is 0.456. The number of nitrogens with one attached hydrogen (secondary N) is 3. The summed E-state index contributed by atoms with van der Waals surface area (Å²) >= 11 is 3.36. The van der Waals surface area contributed by atoms with E-state index in [1.807, 2.05) is 18.3 Å². The smallest absolute Gasteiger partial charge is 0.341 e. The number of esters is 1. The van der Waals surface area contributed by atoms with Crippen LogP contribution in [0.3, 0.4) is 0 Å². The first kappa shape index (κ1) is 23.3. The van der Waals surface area contributed by atoms with Crippen molar-refractivity contribution in [3.05, 3.63) is 55.1 Å². The van der Waals surface area contributed by atoms with Crippen LogP contribution in [0.1, 0.15) is 74.3 Å². The number of fused-ring (bicyclic) bond motifs is 2. The number of hydrogen-bond acceptors (Lipinski definition) is 6. The lowest BCUT2D eigenvalue weighted by atomic mass is 9.95. The number of carbonyl (C=O) groups is 2. The van der Waals surface area contributed by atoms with E-state index in [-0.39, 0.29) is 12.0 Å². The minimum Gasteiger partial charge on any atom is -0.462 e. The summed E-state index contributed by atoms with van der Waals surface area (Å²) < 4.78 is 5.32. The fourth-order valence-corrected chi connectivity index (χ4v) is 7.62. The van der Waals surface area contributed by atoms with Gasteiger partial charge in [0.15, 0.2) is 0 Å². The molecule has 5 rings (SSSR count). The SMILES string of the molecule is CCOC(=O)c1c(NC(=O)NCc2c(C3=CCCC=C3)sc3c2CCNC3)sc2c1CCCC2. The summed E-state index contributed by atoms with van der Waals surface area (Å²) in [5.74, 6) is -0.338. The van der Waals surface area contributed by atoms with Crippen molar-refractivity contribution in [1.82, 2.24) is 10.6 Å². The molecule has 0 aromatic carbocycles. The van der Waals surface area contributed by atoms with Crippen molar-refractivity contribution >= 4 is 45.2 Å². The summed E-state index contributed by atoms with van der Waals surface area (Å²) in [4.78, 5) is 29.5. The first-order valence-electron chi connectivity index (χ1n) is 12.2. The molecule has 0 atom stereocenters. The van der Waals surface area contributed by atoms with E-state index in [0.717, 1.165) is 63.6 Å². The lowest BCUT2D eigenvalue weighted by Crippen LogP contribution is -2.30. The monoisotopic (exact) mass is 497 g/mol. The van der Waals surface area contributed by atoms with Gasteiger partial charge in [-0.1, -0.05) is 18.2 Å². The van der Waals surface area contributed by atoms with Gasteiger partial charge < -0.3 is 15.4 Å². The van der Waals surface area contributed by atoms with E-state index in [2.05, 4.69) is 34.2 Å². The van der Waals surface area contributed by atoms with Gasteiger partial charge in [0.2, 0.25) is 0 Å². The Bertz CT molecular complexity index is 1160. The number of aryl methyl sites for hydroxylation is 1. The Kier molecular flexibility index (Phi) is 7.18. The zero-order chi connectivity index (χ0) is 23.5. The minimum absolute atomic E-state index is 0.280. The average Bonchev–Trinajstić information content (AvgIpc) is 3.41. The Morgan fingerprint density at radius 1 is 1.09 bits per heavy atom. The molecule has 6 nitrogen and oxygen atoms in total. The summed E-state index contributed by atoms with van der Waals surface area (Å²) in [6.45, 7) is 4.45. The average molecular weight is 498 g/mol. The molecule has 3 heterocycles. The fraction of sp³-hybridized carbons (Fsp3) is 0.462. The second kappa shape index (κ2) is 10.5. The first-order valence-corrected chi connectivity index (χ1v) is 13.9. The molecule has 2 amide bonds. The van der Waals surface area contributed by atoms with Crippen LogP contribution in [-0.2, 0) is 37.1 Å². The Morgan fingerprint density at radius 2 is 1.97 bits per heavy atom. The Labute approximate surface area is 208 Å². The zero-order valence-electron chi connectivity index (χ0n) is 19.6. The highest BCUT2D eigenvalue weighted by molar-refractivity contribution is 7.17. The normalized spacial score (nSPS) is 16.9. The molecule has 3 N–H and O–H groups in total. The van der Waals surface area contributed by atoms with Crippen LogP contribution in [0.25, 0.3) is 5.57 Å². The van der Waals surface area contributed by atoms with E-state index in [0.29, 0.717) is 23.7 Å². The van der Waals surface area contributed by atoms with Crippen molar-refractivity contribution in [2.24, 2.45) is 0 Å². The molecule has 1 aliphatic heterocycles. The molecule has 180 valence electrons. The summed E-state index contributed by atoms with van der Waals surface area (Å²) in [5.41, 5.74) is 5.47. The summed E-state index contributed by atoms with van der Waals surface area (Å²) in [6, 6.07) is -0.280. The van der Waals surface area contributed by atoms with E-state index < -0.39 is 0 Å². The largest absolute Gasteiger partial charge is 0.462 e. The molecule has 2 aliphatic carbocycles. The predicted octanol–water partition coefficient (Wildman–Crippen LogP) is 5.57. The number of amides is 2. The number of hydrogen-bond donors (Lipinski definition) is 3. The minimum atomic E-state index is -0.338. The van der Waals surface area contributed by atoms with Crippen LogP contribution in [-0.4, -0.2) is 25.2 Å². The van der Waals surface area contributed by atoms with Crippen molar-refractivity contribution in [1.29, 1.82) is 0 Å². The summed E-state index contributed by atoms with van der Waals surface area (Å²) in [6.07, 6.45) is 13.9. The highest BCUT2D eigenvalue weighted by atomic mass is 32.1. The Balaban J connectivity index is 1.35. The number of carbonyl (C=O) groups excluding carboxylic acids is 2. The molecule has 0 saturated carbocycles. The highest BCUT2D eigenvalue weighted by Crippen LogP contribution is 2.39. The standard InChI is InChI=1S/C26H31N3O3S2/c1-2-32-25(30)22-18-10-6-7-11-20(18)34-24(22)29-26(31)28-14-19-17-12-13-27-15-21(17)33-23(19)16-8-4-3-5-9-16/h4,8-9,27H,2-3,5-7,10-15H2,1H3,(H2,28,29,31).